The monoisotopic (exact) mass is 290 g/mol. The Morgan fingerprint density at radius 1 is 1.14 bits per heavy atom. The first-order chi connectivity index (χ1) is 10.3. The predicted octanol–water partition coefficient (Wildman–Crippen LogP) is 3.93. The topological polar surface area (TPSA) is 24.5 Å². The smallest absolute Gasteiger partial charge is 0.142 e. The normalized spacial score (nSPS) is 17.2. The average Bonchev–Trinajstić information content (AvgIpc) is 2.52. The molecule has 0 fully saturated rings. The first kappa shape index (κ1) is 16.2. The number of nitrogens with one attached hydrogen (secondary N) is 1. The van der Waals surface area contributed by atoms with Gasteiger partial charge in [0.05, 0.1) is 12.2 Å². The van der Waals surface area contributed by atoms with Gasteiger partial charge in [-0.15, -0.1) is 0 Å². The zero-order chi connectivity index (χ0) is 15.1. The lowest BCUT2D eigenvalue weighted by molar-refractivity contribution is 0.201. The molecule has 0 saturated heterocycles. The van der Waals surface area contributed by atoms with Crippen LogP contribution in [0.15, 0.2) is 18.2 Å². The molecule has 0 radical (unpaired) electrons. The number of ether oxygens (including phenoxy) is 1. The number of rotatable bonds is 8. The predicted molar refractivity (Wildman–Crippen MR) is 90.4 cm³/mol. The minimum atomic E-state index is 0.313. The summed E-state index contributed by atoms with van der Waals surface area (Å²) in [6.45, 7) is 11.2. The van der Waals surface area contributed by atoms with Crippen LogP contribution in [0.2, 0.25) is 0 Å². The van der Waals surface area contributed by atoms with E-state index < -0.39 is 0 Å². The van der Waals surface area contributed by atoms with Crippen LogP contribution in [0, 0.1) is 0 Å². The van der Waals surface area contributed by atoms with Gasteiger partial charge in [-0.25, -0.2) is 0 Å². The van der Waals surface area contributed by atoms with Gasteiger partial charge in [-0.1, -0.05) is 26.8 Å². The standard InChI is InChI=1S/C18H30N2O/c1-4-10-20(11-5-2)12-9-15-7-8-18-17(13-15)19-14-16(6-3)21-18/h7-8,13,16,19H,4-6,9-12,14H2,1-3H3. The number of anilines is 1. The summed E-state index contributed by atoms with van der Waals surface area (Å²) < 4.78 is 5.97. The van der Waals surface area contributed by atoms with Gasteiger partial charge in [0.25, 0.3) is 0 Å². The van der Waals surface area contributed by atoms with Crippen molar-refractivity contribution in [2.24, 2.45) is 0 Å². The molecule has 0 aromatic heterocycles. The van der Waals surface area contributed by atoms with E-state index in [-0.39, 0.29) is 0 Å². The molecule has 0 aliphatic carbocycles. The van der Waals surface area contributed by atoms with Crippen LogP contribution in [-0.4, -0.2) is 37.2 Å². The van der Waals surface area contributed by atoms with Gasteiger partial charge in [0, 0.05) is 6.54 Å². The number of fused-ring (bicyclic) bond motifs is 1. The number of benzene rings is 1. The van der Waals surface area contributed by atoms with Crippen molar-refractivity contribution in [1.82, 2.24) is 4.90 Å². The van der Waals surface area contributed by atoms with Crippen LogP contribution in [0.3, 0.4) is 0 Å². The van der Waals surface area contributed by atoms with E-state index in [1.807, 2.05) is 0 Å². The zero-order valence-corrected chi connectivity index (χ0v) is 13.8. The maximum absolute atomic E-state index is 5.97. The molecule has 118 valence electrons. The van der Waals surface area contributed by atoms with E-state index in [0.717, 1.165) is 37.4 Å². The van der Waals surface area contributed by atoms with Crippen LogP contribution < -0.4 is 10.1 Å². The molecule has 21 heavy (non-hydrogen) atoms. The highest BCUT2D eigenvalue weighted by Crippen LogP contribution is 2.30. The minimum absolute atomic E-state index is 0.313. The molecule has 1 N–H and O–H groups in total. The molecule has 0 bridgehead atoms. The highest BCUT2D eigenvalue weighted by Gasteiger charge is 2.17. The van der Waals surface area contributed by atoms with Crippen LogP contribution in [0.4, 0.5) is 5.69 Å². The fourth-order valence-corrected chi connectivity index (χ4v) is 2.90. The molecule has 0 saturated carbocycles. The molecule has 1 heterocycles. The van der Waals surface area contributed by atoms with Gasteiger partial charge < -0.3 is 15.0 Å². The Labute approximate surface area is 129 Å². The van der Waals surface area contributed by atoms with Gasteiger partial charge in [0.1, 0.15) is 11.9 Å². The summed E-state index contributed by atoms with van der Waals surface area (Å²) in [5, 5.41) is 3.50. The third-order valence-corrected chi connectivity index (χ3v) is 4.11. The molecular weight excluding hydrogens is 260 g/mol. The van der Waals surface area contributed by atoms with Crippen LogP contribution in [0.25, 0.3) is 0 Å². The van der Waals surface area contributed by atoms with E-state index in [1.54, 1.807) is 0 Å². The Kier molecular flexibility index (Phi) is 6.37. The molecule has 1 atom stereocenters. The van der Waals surface area contributed by atoms with Crippen molar-refractivity contribution in [1.29, 1.82) is 0 Å². The van der Waals surface area contributed by atoms with Crippen molar-refractivity contribution >= 4 is 5.69 Å². The Morgan fingerprint density at radius 3 is 2.57 bits per heavy atom. The van der Waals surface area contributed by atoms with Crippen molar-refractivity contribution in [3.8, 4) is 5.75 Å². The molecule has 1 aliphatic heterocycles. The van der Waals surface area contributed by atoms with Crippen LogP contribution in [0.5, 0.6) is 5.75 Å². The molecule has 1 aromatic carbocycles. The van der Waals surface area contributed by atoms with Gasteiger partial charge in [0.15, 0.2) is 0 Å². The quantitative estimate of drug-likeness (QED) is 0.785. The highest BCUT2D eigenvalue weighted by atomic mass is 16.5. The summed E-state index contributed by atoms with van der Waals surface area (Å²) in [5.41, 5.74) is 2.56. The fourth-order valence-electron chi connectivity index (χ4n) is 2.90. The third-order valence-electron chi connectivity index (χ3n) is 4.11. The summed E-state index contributed by atoms with van der Waals surface area (Å²) in [5.74, 6) is 1.01. The minimum Gasteiger partial charge on any atom is -0.486 e. The molecule has 1 unspecified atom stereocenters. The van der Waals surface area contributed by atoms with E-state index in [4.69, 9.17) is 4.74 Å². The maximum atomic E-state index is 5.97. The Morgan fingerprint density at radius 2 is 1.90 bits per heavy atom. The lowest BCUT2D eigenvalue weighted by Gasteiger charge is -2.27. The molecule has 3 nitrogen and oxygen atoms in total. The van der Waals surface area contributed by atoms with Gasteiger partial charge in [-0.3, -0.25) is 0 Å². The van der Waals surface area contributed by atoms with Crippen molar-refractivity contribution in [3.05, 3.63) is 23.8 Å². The second-order valence-electron chi connectivity index (χ2n) is 5.95. The first-order valence-corrected chi connectivity index (χ1v) is 8.52. The van der Waals surface area contributed by atoms with Crippen LogP contribution in [0.1, 0.15) is 45.6 Å². The lowest BCUT2D eigenvalue weighted by Crippen LogP contribution is -2.30. The third kappa shape index (κ3) is 4.63. The molecule has 3 heteroatoms. The van der Waals surface area contributed by atoms with Crippen molar-refractivity contribution in [3.63, 3.8) is 0 Å². The average molecular weight is 290 g/mol. The largest absolute Gasteiger partial charge is 0.486 e. The second-order valence-corrected chi connectivity index (χ2v) is 5.95. The van der Waals surface area contributed by atoms with E-state index in [9.17, 15) is 0 Å². The van der Waals surface area contributed by atoms with E-state index in [1.165, 1.54) is 31.5 Å². The van der Waals surface area contributed by atoms with Crippen LogP contribution in [-0.2, 0) is 6.42 Å². The maximum Gasteiger partial charge on any atom is 0.142 e. The first-order valence-electron chi connectivity index (χ1n) is 8.52. The molecule has 2 rings (SSSR count). The van der Waals surface area contributed by atoms with Crippen molar-refractivity contribution < 1.29 is 4.74 Å². The van der Waals surface area contributed by atoms with E-state index >= 15 is 0 Å². The summed E-state index contributed by atoms with van der Waals surface area (Å²) in [6, 6.07) is 6.61. The summed E-state index contributed by atoms with van der Waals surface area (Å²) in [4.78, 5) is 2.57. The molecular formula is C18H30N2O. The van der Waals surface area contributed by atoms with Gasteiger partial charge >= 0.3 is 0 Å². The molecule has 0 amide bonds. The molecule has 0 spiro atoms. The summed E-state index contributed by atoms with van der Waals surface area (Å²) in [6.07, 6.45) is 4.95. The van der Waals surface area contributed by atoms with E-state index in [2.05, 4.69) is 49.2 Å². The summed E-state index contributed by atoms with van der Waals surface area (Å²) >= 11 is 0. The van der Waals surface area contributed by atoms with Gasteiger partial charge in [-0.2, -0.15) is 0 Å². The van der Waals surface area contributed by atoms with Crippen molar-refractivity contribution in [2.75, 3.05) is 31.5 Å². The lowest BCUT2D eigenvalue weighted by atomic mass is 10.1. The molecule has 1 aliphatic rings. The Hall–Kier alpha value is -1.22. The van der Waals surface area contributed by atoms with Crippen LogP contribution >= 0.6 is 0 Å². The summed E-state index contributed by atoms with van der Waals surface area (Å²) in [7, 11) is 0. The Bertz CT molecular complexity index is 427. The van der Waals surface area contributed by atoms with Gasteiger partial charge in [0.2, 0.25) is 0 Å². The number of nitrogens with zero attached hydrogens (tertiary/aromatic N) is 1. The fraction of sp³-hybridized carbons (Fsp3) is 0.667. The number of hydrogen-bond acceptors (Lipinski definition) is 3. The SMILES string of the molecule is CCCN(CCC)CCc1ccc2c(c1)NCC(CC)O2. The van der Waals surface area contributed by atoms with E-state index in [0.29, 0.717) is 6.10 Å². The number of hydrogen-bond donors (Lipinski definition) is 1. The molecule has 1 aromatic rings. The highest BCUT2D eigenvalue weighted by molar-refractivity contribution is 5.59. The van der Waals surface area contributed by atoms with Gasteiger partial charge in [-0.05, 0) is 56.5 Å². The Balaban J connectivity index is 1.93. The van der Waals surface area contributed by atoms with Crippen molar-refractivity contribution in [2.45, 2.75) is 52.6 Å². The second kappa shape index (κ2) is 8.28. The zero-order valence-electron chi connectivity index (χ0n) is 13.8.